The predicted molar refractivity (Wildman–Crippen MR) is 48.7 cm³/mol. The summed E-state index contributed by atoms with van der Waals surface area (Å²) in [7, 11) is 0. The molecule has 0 aromatic heterocycles. The maximum absolute atomic E-state index is 11.3. The lowest BCUT2D eigenvalue weighted by atomic mass is 10.3. The third-order valence-electron chi connectivity index (χ3n) is 2.36. The molecule has 70 valence electrons. The molecule has 0 radical (unpaired) electrons. The summed E-state index contributed by atoms with van der Waals surface area (Å²) in [6.45, 7) is 2.23. The second kappa shape index (κ2) is 3.24. The smallest absolute Gasteiger partial charge is 0.417 e. The van der Waals surface area contributed by atoms with Gasteiger partial charge in [0.2, 0.25) is 0 Å². The minimum atomic E-state index is -0.295. The normalized spacial score (nSPS) is 29.5. The third kappa shape index (κ3) is 1.74. The van der Waals surface area contributed by atoms with Gasteiger partial charge in [-0.2, -0.15) is 0 Å². The topological polar surface area (TPSA) is 29.5 Å². The summed E-state index contributed by atoms with van der Waals surface area (Å²) < 4.78 is 4.87. The van der Waals surface area contributed by atoms with Gasteiger partial charge in [0.05, 0.1) is 6.61 Å². The van der Waals surface area contributed by atoms with Crippen LogP contribution in [0.3, 0.4) is 0 Å². The molecule has 1 aliphatic carbocycles. The van der Waals surface area contributed by atoms with Crippen LogP contribution in [0, 0.1) is 11.8 Å². The van der Waals surface area contributed by atoms with Crippen LogP contribution >= 0.6 is 0 Å². The number of allylic oxidation sites excluding steroid dienone is 2. The molecule has 3 nitrogen and oxygen atoms in total. The average Bonchev–Trinajstić information content (AvgIpc) is 2.80. The summed E-state index contributed by atoms with van der Waals surface area (Å²) in [5, 5.41) is 0. The average molecular weight is 179 g/mol. The molecule has 1 heterocycles. The fraction of sp³-hybridized carbons (Fsp3) is 0.500. The number of ether oxygens (including phenoxy) is 1. The van der Waals surface area contributed by atoms with Crippen LogP contribution in [0.4, 0.5) is 4.79 Å². The Bertz CT molecular complexity index is 252. The fourth-order valence-corrected chi connectivity index (χ4v) is 1.45. The van der Waals surface area contributed by atoms with Crippen molar-refractivity contribution in [2.24, 2.45) is 11.8 Å². The molecule has 1 fully saturated rings. The van der Waals surface area contributed by atoms with Crippen LogP contribution in [0.15, 0.2) is 24.6 Å². The molecule has 3 heteroatoms. The lowest BCUT2D eigenvalue weighted by molar-refractivity contribution is 0.133. The van der Waals surface area contributed by atoms with Crippen LogP contribution < -0.4 is 0 Å². The van der Waals surface area contributed by atoms with E-state index in [2.05, 4.69) is 12.2 Å². The largest absolute Gasteiger partial charge is 0.449 e. The third-order valence-corrected chi connectivity index (χ3v) is 2.36. The Balaban J connectivity index is 2.00. The van der Waals surface area contributed by atoms with Gasteiger partial charge in [0, 0.05) is 12.4 Å². The van der Waals surface area contributed by atoms with Gasteiger partial charge in [0.1, 0.15) is 0 Å². The maximum atomic E-state index is 11.3. The molecule has 0 spiro atoms. The van der Waals surface area contributed by atoms with E-state index in [4.69, 9.17) is 4.74 Å². The first-order valence-corrected chi connectivity index (χ1v) is 4.63. The molecule has 0 N–H and O–H groups in total. The lowest BCUT2D eigenvalue weighted by Gasteiger charge is -2.11. The molecular formula is C10H13NO2. The van der Waals surface area contributed by atoms with E-state index in [1.54, 1.807) is 19.3 Å². The van der Waals surface area contributed by atoms with Crippen LogP contribution in [0.1, 0.15) is 13.3 Å². The van der Waals surface area contributed by atoms with Gasteiger partial charge in [-0.3, -0.25) is 4.90 Å². The number of hydrogen-bond acceptors (Lipinski definition) is 2. The summed E-state index contributed by atoms with van der Waals surface area (Å²) in [5.41, 5.74) is 0. The van der Waals surface area contributed by atoms with Crippen molar-refractivity contribution in [1.29, 1.82) is 0 Å². The van der Waals surface area contributed by atoms with Crippen molar-refractivity contribution in [3.8, 4) is 0 Å². The van der Waals surface area contributed by atoms with Crippen molar-refractivity contribution in [2.45, 2.75) is 13.3 Å². The predicted octanol–water partition coefficient (Wildman–Crippen LogP) is 2.12. The second-order valence-electron chi connectivity index (χ2n) is 3.35. The number of rotatable bonds is 1. The van der Waals surface area contributed by atoms with Gasteiger partial charge in [0.15, 0.2) is 0 Å². The van der Waals surface area contributed by atoms with E-state index in [0.29, 0.717) is 18.4 Å². The Morgan fingerprint density at radius 1 is 1.46 bits per heavy atom. The van der Waals surface area contributed by atoms with Crippen LogP contribution in [0.5, 0.6) is 0 Å². The first-order chi connectivity index (χ1) is 6.31. The molecule has 0 bridgehead atoms. The van der Waals surface area contributed by atoms with Crippen LogP contribution in [0.25, 0.3) is 0 Å². The zero-order valence-electron chi connectivity index (χ0n) is 7.64. The zero-order valence-corrected chi connectivity index (χ0v) is 7.64. The van der Waals surface area contributed by atoms with E-state index in [1.165, 1.54) is 11.3 Å². The number of carbonyl (C=O) groups is 1. The van der Waals surface area contributed by atoms with Crippen molar-refractivity contribution in [3.63, 3.8) is 0 Å². The highest BCUT2D eigenvalue weighted by Gasteiger charge is 2.34. The standard InChI is InChI=1S/C10H13NO2/c1-2-13-10(12)11-5-3-8-7-9(8)4-6-11/h3-6,8-9H,2,7H2,1H3. The Morgan fingerprint density at radius 2 is 2.08 bits per heavy atom. The van der Waals surface area contributed by atoms with Crippen molar-refractivity contribution in [3.05, 3.63) is 24.6 Å². The van der Waals surface area contributed by atoms with E-state index >= 15 is 0 Å². The van der Waals surface area contributed by atoms with Gasteiger partial charge in [-0.25, -0.2) is 4.79 Å². The van der Waals surface area contributed by atoms with Crippen LogP contribution in [0.2, 0.25) is 0 Å². The van der Waals surface area contributed by atoms with Crippen molar-refractivity contribution in [2.75, 3.05) is 6.61 Å². The summed E-state index contributed by atoms with van der Waals surface area (Å²) in [5.74, 6) is 1.30. The van der Waals surface area contributed by atoms with E-state index < -0.39 is 0 Å². The minimum absolute atomic E-state index is 0.295. The first-order valence-electron chi connectivity index (χ1n) is 4.63. The van der Waals surface area contributed by atoms with Crippen LogP contribution in [-0.4, -0.2) is 17.6 Å². The SMILES string of the molecule is CCOC(=O)N1C=CC2CC2C=C1. The highest BCUT2D eigenvalue weighted by atomic mass is 16.5. The fourth-order valence-electron chi connectivity index (χ4n) is 1.45. The van der Waals surface area contributed by atoms with Crippen LogP contribution in [-0.2, 0) is 4.74 Å². The van der Waals surface area contributed by atoms with Gasteiger partial charge < -0.3 is 4.74 Å². The lowest BCUT2D eigenvalue weighted by Crippen LogP contribution is -2.20. The molecule has 2 rings (SSSR count). The maximum Gasteiger partial charge on any atom is 0.417 e. The number of nitrogens with zero attached hydrogens (tertiary/aromatic N) is 1. The molecular weight excluding hydrogens is 166 g/mol. The number of carbonyl (C=O) groups excluding carboxylic acids is 1. The Morgan fingerprint density at radius 3 is 2.62 bits per heavy atom. The van der Waals surface area contributed by atoms with E-state index in [9.17, 15) is 4.79 Å². The minimum Gasteiger partial charge on any atom is -0.449 e. The Kier molecular flexibility index (Phi) is 2.08. The highest BCUT2D eigenvalue weighted by Crippen LogP contribution is 2.42. The second-order valence-corrected chi connectivity index (χ2v) is 3.35. The number of hydrogen-bond donors (Lipinski definition) is 0. The monoisotopic (exact) mass is 179 g/mol. The van der Waals surface area contributed by atoms with Gasteiger partial charge in [-0.05, 0) is 25.2 Å². The molecule has 0 saturated heterocycles. The summed E-state index contributed by atoms with van der Waals surface area (Å²) >= 11 is 0. The van der Waals surface area contributed by atoms with Crippen molar-refractivity contribution >= 4 is 6.09 Å². The number of fused-ring (bicyclic) bond motifs is 1. The molecule has 2 aliphatic rings. The van der Waals surface area contributed by atoms with E-state index in [0.717, 1.165) is 0 Å². The van der Waals surface area contributed by atoms with Gasteiger partial charge in [-0.1, -0.05) is 12.2 Å². The highest BCUT2D eigenvalue weighted by molar-refractivity contribution is 5.70. The molecule has 2 atom stereocenters. The van der Waals surface area contributed by atoms with Crippen molar-refractivity contribution in [1.82, 2.24) is 4.90 Å². The molecule has 0 aromatic rings. The van der Waals surface area contributed by atoms with Gasteiger partial charge >= 0.3 is 6.09 Å². The quantitative estimate of drug-likeness (QED) is 0.617. The summed E-state index contributed by atoms with van der Waals surface area (Å²) in [6.07, 6.45) is 8.67. The molecule has 0 aromatic carbocycles. The summed E-state index contributed by atoms with van der Waals surface area (Å²) in [6, 6.07) is 0. The van der Waals surface area contributed by atoms with Gasteiger partial charge in [-0.15, -0.1) is 0 Å². The molecule has 1 saturated carbocycles. The summed E-state index contributed by atoms with van der Waals surface area (Å²) in [4.78, 5) is 12.8. The molecule has 2 unspecified atom stereocenters. The Hall–Kier alpha value is -1.25. The van der Waals surface area contributed by atoms with Gasteiger partial charge in [0.25, 0.3) is 0 Å². The molecule has 1 aliphatic heterocycles. The number of amides is 1. The first kappa shape index (κ1) is 8.35. The van der Waals surface area contributed by atoms with Crippen molar-refractivity contribution < 1.29 is 9.53 Å². The Labute approximate surface area is 77.7 Å². The zero-order chi connectivity index (χ0) is 9.26. The molecule has 13 heavy (non-hydrogen) atoms. The van der Waals surface area contributed by atoms with E-state index in [1.807, 2.05) is 0 Å². The molecule has 1 amide bonds. The van der Waals surface area contributed by atoms with E-state index in [-0.39, 0.29) is 6.09 Å².